The van der Waals surface area contributed by atoms with Crippen molar-refractivity contribution in [1.82, 2.24) is 0 Å². The van der Waals surface area contributed by atoms with E-state index in [0.29, 0.717) is 0 Å². The lowest BCUT2D eigenvalue weighted by Crippen LogP contribution is -2.02. The number of hydrogen-bond acceptors (Lipinski definition) is 0. The molecule has 0 saturated carbocycles. The fourth-order valence-electron chi connectivity index (χ4n) is 1.64. The molecule has 0 heterocycles. The van der Waals surface area contributed by atoms with Gasteiger partial charge in [-0.05, 0) is 34.2 Å². The van der Waals surface area contributed by atoms with Gasteiger partial charge in [-0.15, -0.1) is 0 Å². The maximum atomic E-state index is 13.4. The molecule has 0 amide bonds. The average Bonchev–Trinajstić information content (AvgIpc) is 2.26. The van der Waals surface area contributed by atoms with Crippen molar-refractivity contribution in [2.45, 2.75) is 12.3 Å². The Morgan fingerprint density at radius 1 is 1.13 bits per heavy atom. The second-order valence-corrected chi connectivity index (χ2v) is 4.53. The van der Waals surface area contributed by atoms with Crippen molar-refractivity contribution in [2.24, 2.45) is 0 Å². The smallest absolute Gasteiger partial charge is 0.135 e. The summed E-state index contributed by atoms with van der Waals surface area (Å²) >= 11 is 1.70. The number of hydrogen-bond donors (Lipinski definition) is 0. The fraction of sp³-hybridized carbons (Fsp3) is 0.167. The third-order valence-corrected chi connectivity index (χ3v) is 3.52. The van der Waals surface area contributed by atoms with Gasteiger partial charge in [0.1, 0.15) is 11.7 Å². The second-order valence-electron chi connectivity index (χ2n) is 3.45. The van der Waals surface area contributed by atoms with Crippen LogP contribution in [0.4, 0.5) is 8.78 Å². The molecule has 2 rings (SSSR count). The van der Waals surface area contributed by atoms with Crippen molar-refractivity contribution >= 4 is 22.6 Å². The topological polar surface area (TPSA) is 0 Å². The summed E-state index contributed by atoms with van der Waals surface area (Å²) in [5.74, 6) is -0.984. The molecule has 0 aliphatic heterocycles. The van der Waals surface area contributed by atoms with Crippen molar-refractivity contribution in [3.63, 3.8) is 0 Å². The van der Waals surface area contributed by atoms with Crippen molar-refractivity contribution < 1.29 is 8.78 Å². The number of benzene rings is 1. The molecule has 1 atom stereocenters. The first kappa shape index (κ1) is 10.8. The van der Waals surface area contributed by atoms with E-state index in [0.717, 1.165) is 5.56 Å². The molecule has 1 aliphatic rings. The highest BCUT2D eigenvalue weighted by Crippen LogP contribution is 2.38. The largest absolute Gasteiger partial charge is 0.211 e. The van der Waals surface area contributed by atoms with Gasteiger partial charge >= 0.3 is 0 Å². The molecular weight excluding hydrogens is 309 g/mol. The Bertz CT molecular complexity index is 421. The monoisotopic (exact) mass is 318 g/mol. The molecule has 15 heavy (non-hydrogen) atoms. The number of rotatable bonds is 1. The van der Waals surface area contributed by atoms with Crippen LogP contribution in [0.15, 0.2) is 51.6 Å². The minimum atomic E-state index is -0.451. The zero-order chi connectivity index (χ0) is 10.8. The Balaban J connectivity index is 2.30. The van der Waals surface area contributed by atoms with E-state index in [2.05, 4.69) is 0 Å². The third-order valence-electron chi connectivity index (χ3n) is 2.42. The van der Waals surface area contributed by atoms with Gasteiger partial charge in [0.05, 0.1) is 3.58 Å². The predicted molar refractivity (Wildman–Crippen MR) is 65.1 cm³/mol. The van der Waals surface area contributed by atoms with Crippen LogP contribution in [0.2, 0.25) is 0 Å². The van der Waals surface area contributed by atoms with E-state index >= 15 is 0 Å². The Labute approximate surface area is 101 Å². The molecule has 0 radical (unpaired) electrons. The summed E-state index contributed by atoms with van der Waals surface area (Å²) in [7, 11) is 0. The van der Waals surface area contributed by atoms with Gasteiger partial charge in [0.2, 0.25) is 0 Å². The third kappa shape index (κ3) is 2.27. The summed E-state index contributed by atoms with van der Waals surface area (Å²) in [6, 6.07) is 9.42. The molecule has 3 heteroatoms. The molecular formula is C12H9F2I. The number of halogens is 3. The summed E-state index contributed by atoms with van der Waals surface area (Å²) in [5.41, 5.74) is 0.951. The van der Waals surface area contributed by atoms with Gasteiger partial charge in [0.25, 0.3) is 0 Å². The van der Waals surface area contributed by atoms with Gasteiger partial charge in [-0.3, -0.25) is 0 Å². The molecule has 1 aromatic carbocycles. The van der Waals surface area contributed by atoms with Crippen LogP contribution in [-0.2, 0) is 0 Å². The Morgan fingerprint density at radius 2 is 1.80 bits per heavy atom. The zero-order valence-electron chi connectivity index (χ0n) is 7.88. The maximum Gasteiger partial charge on any atom is 0.135 e. The van der Waals surface area contributed by atoms with Crippen LogP contribution < -0.4 is 0 Å². The van der Waals surface area contributed by atoms with E-state index in [-0.39, 0.29) is 21.7 Å². The standard InChI is InChI=1S/C12H9F2I/c13-10-6-9(7-11(14)12(10)15)8-4-2-1-3-5-8/h1-6,9H,7H2. The van der Waals surface area contributed by atoms with Gasteiger partial charge in [-0.2, -0.15) is 0 Å². The molecule has 0 bridgehead atoms. The van der Waals surface area contributed by atoms with Crippen molar-refractivity contribution in [3.8, 4) is 0 Å². The summed E-state index contributed by atoms with van der Waals surface area (Å²) < 4.78 is 26.8. The normalized spacial score (nSPS) is 21.5. The molecule has 1 aromatic rings. The van der Waals surface area contributed by atoms with Gasteiger partial charge in [-0.25, -0.2) is 8.78 Å². The van der Waals surface area contributed by atoms with E-state index < -0.39 is 5.83 Å². The highest BCUT2D eigenvalue weighted by atomic mass is 127. The summed E-state index contributed by atoms with van der Waals surface area (Å²) in [6.07, 6.45) is 1.75. The second kappa shape index (κ2) is 4.43. The zero-order valence-corrected chi connectivity index (χ0v) is 10.0. The highest BCUT2D eigenvalue weighted by Gasteiger charge is 2.22. The van der Waals surface area contributed by atoms with Crippen molar-refractivity contribution in [1.29, 1.82) is 0 Å². The van der Waals surface area contributed by atoms with Crippen LogP contribution in [0.3, 0.4) is 0 Å². The van der Waals surface area contributed by atoms with Crippen LogP contribution in [0.5, 0.6) is 0 Å². The molecule has 0 fully saturated rings. The van der Waals surface area contributed by atoms with Crippen LogP contribution in [0.25, 0.3) is 0 Å². The van der Waals surface area contributed by atoms with Crippen molar-refractivity contribution in [2.75, 3.05) is 0 Å². The lowest BCUT2D eigenvalue weighted by atomic mass is 9.92. The first-order valence-electron chi connectivity index (χ1n) is 4.65. The average molecular weight is 318 g/mol. The minimum Gasteiger partial charge on any atom is -0.211 e. The Morgan fingerprint density at radius 3 is 2.40 bits per heavy atom. The molecule has 0 saturated heterocycles. The molecule has 0 nitrogen and oxygen atoms in total. The summed E-state index contributed by atoms with van der Waals surface area (Å²) in [4.78, 5) is 0. The van der Waals surface area contributed by atoms with Crippen LogP contribution in [0.1, 0.15) is 17.9 Å². The van der Waals surface area contributed by atoms with E-state index in [1.54, 1.807) is 22.6 Å². The predicted octanol–water partition coefficient (Wildman–Crippen LogP) is 4.64. The van der Waals surface area contributed by atoms with E-state index in [4.69, 9.17) is 0 Å². The Kier molecular flexibility index (Phi) is 3.19. The maximum absolute atomic E-state index is 13.4. The highest BCUT2D eigenvalue weighted by molar-refractivity contribution is 14.1. The fourth-order valence-corrected chi connectivity index (χ4v) is 2.04. The van der Waals surface area contributed by atoms with E-state index in [1.807, 2.05) is 30.3 Å². The van der Waals surface area contributed by atoms with Gasteiger partial charge in [0, 0.05) is 12.3 Å². The summed E-state index contributed by atoms with van der Waals surface area (Å²) in [6.45, 7) is 0. The van der Waals surface area contributed by atoms with Crippen molar-refractivity contribution in [3.05, 3.63) is 57.2 Å². The number of allylic oxidation sites excluding steroid dienone is 4. The van der Waals surface area contributed by atoms with Gasteiger partial charge in [-0.1, -0.05) is 30.3 Å². The van der Waals surface area contributed by atoms with E-state index in [1.165, 1.54) is 6.08 Å². The van der Waals surface area contributed by atoms with Crippen LogP contribution >= 0.6 is 22.6 Å². The summed E-state index contributed by atoms with van der Waals surface area (Å²) in [5, 5.41) is 0. The molecule has 1 unspecified atom stereocenters. The Hall–Kier alpha value is -0.710. The minimum absolute atomic E-state index is 0.111. The van der Waals surface area contributed by atoms with Crippen LogP contribution in [-0.4, -0.2) is 0 Å². The SMILES string of the molecule is FC1=CC(c2ccccc2)CC(F)=C1I. The molecule has 1 aliphatic carbocycles. The van der Waals surface area contributed by atoms with Gasteiger partial charge in [0.15, 0.2) is 0 Å². The molecule has 0 aromatic heterocycles. The lowest BCUT2D eigenvalue weighted by molar-refractivity contribution is 0.534. The van der Waals surface area contributed by atoms with E-state index in [9.17, 15) is 8.78 Å². The first-order valence-corrected chi connectivity index (χ1v) is 5.73. The molecule has 0 spiro atoms. The quantitative estimate of drug-likeness (QED) is 0.662. The van der Waals surface area contributed by atoms with Gasteiger partial charge < -0.3 is 0 Å². The van der Waals surface area contributed by atoms with Crippen LogP contribution in [0, 0.1) is 0 Å². The lowest BCUT2D eigenvalue weighted by Gasteiger charge is -2.17. The molecule has 78 valence electrons. The molecule has 0 N–H and O–H groups in total. The first-order chi connectivity index (χ1) is 7.18.